The van der Waals surface area contributed by atoms with Crippen molar-refractivity contribution in [1.82, 2.24) is 15.0 Å². The fraction of sp³-hybridized carbons (Fsp3) is 0.360. The largest absolute Gasteiger partial charge is 0.493 e. The summed E-state index contributed by atoms with van der Waals surface area (Å²) >= 11 is 0. The lowest BCUT2D eigenvalue weighted by Crippen LogP contribution is -2.30. The Bertz CT molecular complexity index is 1100. The first-order chi connectivity index (χ1) is 16.5. The van der Waals surface area contributed by atoms with E-state index in [2.05, 4.69) is 10.1 Å². The number of nitrogens with zero attached hydrogens (tertiary/aromatic N) is 3. The average molecular weight is 466 g/mol. The van der Waals surface area contributed by atoms with Crippen molar-refractivity contribution in [2.75, 3.05) is 26.3 Å². The van der Waals surface area contributed by atoms with Gasteiger partial charge < -0.3 is 24.0 Å². The summed E-state index contributed by atoms with van der Waals surface area (Å²) in [6.45, 7) is 2.92. The third-order valence-corrected chi connectivity index (χ3v) is 5.79. The van der Waals surface area contributed by atoms with Crippen LogP contribution in [0, 0.1) is 11.8 Å². The molecule has 1 aliphatic heterocycles. The molecule has 1 saturated heterocycles. The Morgan fingerprint density at radius 1 is 1.12 bits per heavy atom. The Morgan fingerprint density at radius 3 is 2.59 bits per heavy atom. The van der Waals surface area contributed by atoms with E-state index in [0.717, 1.165) is 11.1 Å². The molecule has 9 nitrogen and oxygen atoms in total. The van der Waals surface area contributed by atoms with Crippen LogP contribution in [0.2, 0.25) is 0 Å². The van der Waals surface area contributed by atoms with Gasteiger partial charge in [-0.3, -0.25) is 4.79 Å². The van der Waals surface area contributed by atoms with Crippen molar-refractivity contribution < 1.29 is 28.7 Å². The summed E-state index contributed by atoms with van der Waals surface area (Å²) in [6.07, 6.45) is 0.597. The van der Waals surface area contributed by atoms with Crippen molar-refractivity contribution in [3.05, 3.63) is 66.0 Å². The van der Waals surface area contributed by atoms with E-state index in [9.17, 15) is 14.7 Å². The van der Waals surface area contributed by atoms with Crippen molar-refractivity contribution in [2.24, 2.45) is 11.8 Å². The number of carbonyl (C=O) groups is 2. The van der Waals surface area contributed by atoms with Crippen LogP contribution in [0.4, 0.5) is 4.79 Å². The highest BCUT2D eigenvalue weighted by molar-refractivity contribution is 5.74. The van der Waals surface area contributed by atoms with Gasteiger partial charge in [0.1, 0.15) is 5.75 Å². The lowest BCUT2D eigenvalue weighted by atomic mass is 9.90. The lowest BCUT2D eigenvalue weighted by Gasteiger charge is -2.16. The van der Waals surface area contributed by atoms with Crippen LogP contribution in [0.5, 0.6) is 5.75 Å². The van der Waals surface area contributed by atoms with E-state index in [0.29, 0.717) is 43.5 Å². The highest BCUT2D eigenvalue weighted by Crippen LogP contribution is 2.28. The van der Waals surface area contributed by atoms with Crippen molar-refractivity contribution in [2.45, 2.75) is 19.8 Å². The van der Waals surface area contributed by atoms with Crippen molar-refractivity contribution in [3.63, 3.8) is 0 Å². The predicted octanol–water partition coefficient (Wildman–Crippen LogP) is 3.69. The Kier molecular flexibility index (Phi) is 7.41. The quantitative estimate of drug-likeness (QED) is 0.509. The molecule has 178 valence electrons. The van der Waals surface area contributed by atoms with Crippen molar-refractivity contribution in [3.8, 4) is 17.2 Å². The molecule has 1 amide bonds. The van der Waals surface area contributed by atoms with Crippen molar-refractivity contribution >= 4 is 12.1 Å². The zero-order valence-electron chi connectivity index (χ0n) is 18.9. The molecule has 4 rings (SSSR count). The number of ether oxygens (including phenoxy) is 2. The van der Waals surface area contributed by atoms with Crippen LogP contribution in [0.3, 0.4) is 0 Å². The van der Waals surface area contributed by atoms with Crippen LogP contribution in [0.25, 0.3) is 11.5 Å². The predicted molar refractivity (Wildman–Crippen MR) is 122 cm³/mol. The fourth-order valence-corrected chi connectivity index (χ4v) is 4.06. The topological polar surface area (TPSA) is 115 Å². The van der Waals surface area contributed by atoms with E-state index >= 15 is 0 Å². The molecular weight excluding hydrogens is 438 g/mol. The first-order valence-electron chi connectivity index (χ1n) is 11.3. The molecule has 3 aromatic rings. The minimum atomic E-state index is -0.895. The summed E-state index contributed by atoms with van der Waals surface area (Å²) in [4.78, 5) is 29.6. The summed E-state index contributed by atoms with van der Waals surface area (Å²) in [5.41, 5.74) is 1.86. The molecule has 1 aliphatic rings. The number of benzene rings is 2. The number of likely N-dealkylation sites (tertiary alicyclic amines) is 1. The van der Waals surface area contributed by atoms with Gasteiger partial charge >= 0.3 is 12.1 Å². The summed E-state index contributed by atoms with van der Waals surface area (Å²) in [6, 6.07) is 17.1. The van der Waals surface area contributed by atoms with Crippen LogP contribution in [-0.2, 0) is 22.4 Å². The molecule has 0 aliphatic carbocycles. The Morgan fingerprint density at radius 2 is 1.88 bits per heavy atom. The van der Waals surface area contributed by atoms with E-state index in [1.165, 1.54) is 4.90 Å². The van der Waals surface area contributed by atoms with Gasteiger partial charge in [0.15, 0.2) is 5.82 Å². The first kappa shape index (κ1) is 23.3. The highest BCUT2D eigenvalue weighted by atomic mass is 16.6. The van der Waals surface area contributed by atoms with Gasteiger partial charge in [-0.15, -0.1) is 0 Å². The number of carboxylic acids is 1. The molecular formula is C25H27N3O6. The van der Waals surface area contributed by atoms with Gasteiger partial charge in [0.25, 0.3) is 5.89 Å². The minimum Gasteiger partial charge on any atom is -0.493 e. The second-order valence-corrected chi connectivity index (χ2v) is 8.14. The first-order valence-corrected chi connectivity index (χ1v) is 11.3. The van der Waals surface area contributed by atoms with E-state index < -0.39 is 18.0 Å². The SMILES string of the molecule is CCOC(=O)N1C[C@@H](Cc2ccc(OCCc3noc(-c4ccccc4)n3)cc2)[C@@H](C(=O)O)C1. The van der Waals surface area contributed by atoms with Gasteiger partial charge in [0, 0.05) is 25.1 Å². The number of aromatic nitrogens is 2. The fourth-order valence-electron chi connectivity index (χ4n) is 4.06. The van der Waals surface area contributed by atoms with Crippen LogP contribution in [-0.4, -0.2) is 58.5 Å². The highest BCUT2D eigenvalue weighted by Gasteiger charge is 2.40. The number of rotatable bonds is 9. The van der Waals surface area contributed by atoms with Gasteiger partial charge in [-0.05, 0) is 49.1 Å². The average Bonchev–Trinajstić information content (AvgIpc) is 3.49. The van der Waals surface area contributed by atoms with Crippen molar-refractivity contribution in [1.29, 1.82) is 0 Å². The molecule has 1 aromatic heterocycles. The van der Waals surface area contributed by atoms with Gasteiger partial charge in [-0.25, -0.2) is 4.79 Å². The molecule has 1 fully saturated rings. The molecule has 0 radical (unpaired) electrons. The molecule has 34 heavy (non-hydrogen) atoms. The Labute approximate surface area is 197 Å². The zero-order valence-corrected chi connectivity index (χ0v) is 18.9. The van der Waals surface area contributed by atoms with Gasteiger partial charge in [-0.2, -0.15) is 4.98 Å². The van der Waals surface area contributed by atoms with E-state index in [1.54, 1.807) is 6.92 Å². The number of hydrogen-bond donors (Lipinski definition) is 1. The molecule has 2 atom stereocenters. The molecule has 0 spiro atoms. The monoisotopic (exact) mass is 465 g/mol. The third kappa shape index (κ3) is 5.72. The van der Waals surface area contributed by atoms with Gasteiger partial charge in [0.05, 0.1) is 19.1 Å². The Balaban J connectivity index is 1.28. The number of hydrogen-bond acceptors (Lipinski definition) is 7. The van der Waals surface area contributed by atoms with Crippen LogP contribution in [0.1, 0.15) is 18.3 Å². The molecule has 0 unspecified atom stereocenters. The molecule has 0 bridgehead atoms. The normalized spacial score (nSPS) is 17.5. The Hall–Kier alpha value is -3.88. The van der Waals surface area contributed by atoms with Crippen LogP contribution < -0.4 is 4.74 Å². The summed E-state index contributed by atoms with van der Waals surface area (Å²) in [5.74, 6) is 0.0657. The molecule has 1 N–H and O–H groups in total. The maximum Gasteiger partial charge on any atom is 0.409 e. The summed E-state index contributed by atoms with van der Waals surface area (Å²) in [5, 5.41) is 13.6. The number of carbonyl (C=O) groups excluding carboxylic acids is 1. The summed E-state index contributed by atoms with van der Waals surface area (Å²) < 4.78 is 16.1. The number of amides is 1. The van der Waals surface area contributed by atoms with Crippen LogP contribution >= 0.6 is 0 Å². The maximum absolute atomic E-state index is 12.0. The summed E-state index contributed by atoms with van der Waals surface area (Å²) in [7, 11) is 0. The molecule has 2 heterocycles. The standard InChI is InChI=1S/C25H27N3O6/c1-2-32-25(31)28-15-19(21(16-28)24(29)30)14-17-8-10-20(11-9-17)33-13-12-22-26-23(34-27-22)18-6-4-3-5-7-18/h3-11,19,21H,2,12-16H2,1H3,(H,29,30)/t19-,21+/m1/s1. The van der Waals surface area contributed by atoms with Crippen LogP contribution in [0.15, 0.2) is 59.1 Å². The van der Waals surface area contributed by atoms with E-state index in [4.69, 9.17) is 14.0 Å². The molecule has 2 aromatic carbocycles. The molecule has 9 heteroatoms. The molecule has 0 saturated carbocycles. The number of carboxylic acid groups (broad SMARTS) is 1. The lowest BCUT2D eigenvalue weighted by molar-refractivity contribution is -0.142. The second kappa shape index (κ2) is 10.8. The second-order valence-electron chi connectivity index (χ2n) is 8.14. The minimum absolute atomic E-state index is 0.169. The van der Waals surface area contributed by atoms with Gasteiger partial charge in [0.2, 0.25) is 0 Å². The smallest absolute Gasteiger partial charge is 0.409 e. The zero-order chi connectivity index (χ0) is 23.9. The van der Waals surface area contributed by atoms with E-state index in [-0.39, 0.29) is 19.1 Å². The maximum atomic E-state index is 12.0. The third-order valence-electron chi connectivity index (χ3n) is 5.79. The van der Waals surface area contributed by atoms with Gasteiger partial charge in [-0.1, -0.05) is 35.5 Å². The van der Waals surface area contributed by atoms with E-state index in [1.807, 2.05) is 54.6 Å². The number of aliphatic carboxylic acids is 1.